The summed E-state index contributed by atoms with van der Waals surface area (Å²) in [7, 11) is 0. The Labute approximate surface area is 228 Å². The summed E-state index contributed by atoms with van der Waals surface area (Å²) in [6.07, 6.45) is 1.84. The number of ether oxygens (including phenoxy) is 2. The number of rotatable bonds is 7. The molecule has 2 aliphatic heterocycles. The minimum Gasteiger partial charge on any atom is -0.436 e. The van der Waals surface area contributed by atoms with E-state index in [0.29, 0.717) is 24.7 Å². The maximum Gasteiger partial charge on any atom is 0.411 e. The van der Waals surface area contributed by atoms with Crippen LogP contribution in [0.4, 0.5) is 4.79 Å². The molecule has 38 heavy (non-hydrogen) atoms. The van der Waals surface area contributed by atoms with E-state index in [-0.39, 0.29) is 24.6 Å². The van der Waals surface area contributed by atoms with Gasteiger partial charge in [-0.25, -0.2) is 4.79 Å². The molecule has 7 heteroatoms. The molecule has 1 atom stereocenters. The number of hydrogen-bond acceptors (Lipinski definition) is 4. The van der Waals surface area contributed by atoms with Crippen molar-refractivity contribution in [3.63, 3.8) is 0 Å². The maximum atomic E-state index is 13.4. The molecule has 0 N–H and O–H groups in total. The van der Waals surface area contributed by atoms with Crippen molar-refractivity contribution >= 4 is 23.6 Å². The third-order valence-corrected chi connectivity index (χ3v) is 7.62. The zero-order chi connectivity index (χ0) is 26.5. The normalized spacial score (nSPS) is 16.5. The summed E-state index contributed by atoms with van der Waals surface area (Å²) >= 11 is 6.08. The Morgan fingerprint density at radius 2 is 1.66 bits per heavy atom. The Balaban J connectivity index is 1.26. The molecule has 2 heterocycles. The van der Waals surface area contributed by atoms with Crippen LogP contribution in [0.5, 0.6) is 0 Å². The number of carbonyl (C=O) groups excluding carboxylic acids is 2. The number of piperidine rings is 1. The molecule has 0 saturated carbocycles. The van der Waals surface area contributed by atoms with Crippen molar-refractivity contribution in [1.82, 2.24) is 9.80 Å². The number of nitrogens with zero attached hydrogens (tertiary/aromatic N) is 2. The van der Waals surface area contributed by atoms with Crippen molar-refractivity contribution in [2.24, 2.45) is 0 Å². The number of carbonyl (C=O) groups is 2. The first-order valence-electron chi connectivity index (χ1n) is 12.9. The van der Waals surface area contributed by atoms with Gasteiger partial charge in [0, 0.05) is 24.7 Å². The largest absolute Gasteiger partial charge is 0.436 e. The fourth-order valence-electron chi connectivity index (χ4n) is 5.31. The molecule has 1 spiro atoms. The van der Waals surface area contributed by atoms with Crippen LogP contribution >= 0.6 is 11.6 Å². The van der Waals surface area contributed by atoms with Gasteiger partial charge >= 0.3 is 6.09 Å². The highest BCUT2D eigenvalue weighted by Crippen LogP contribution is 2.44. The smallest absolute Gasteiger partial charge is 0.411 e. The molecule has 0 aliphatic carbocycles. The van der Waals surface area contributed by atoms with Crippen LogP contribution in [0.25, 0.3) is 0 Å². The number of hydrogen-bond donors (Lipinski definition) is 0. The summed E-state index contributed by atoms with van der Waals surface area (Å²) in [5.74, 6) is -0.118. The van der Waals surface area contributed by atoms with E-state index in [1.165, 1.54) is 16.0 Å². The topological polar surface area (TPSA) is 59.1 Å². The summed E-state index contributed by atoms with van der Waals surface area (Å²) in [4.78, 5) is 29.9. The Morgan fingerprint density at radius 1 is 1.00 bits per heavy atom. The predicted octanol–water partition coefficient (Wildman–Crippen LogP) is 6.10. The van der Waals surface area contributed by atoms with Crippen LogP contribution < -0.4 is 0 Å². The molecular weight excluding hydrogens is 500 g/mol. The summed E-state index contributed by atoms with van der Waals surface area (Å²) in [6, 6.07) is 25.0. The van der Waals surface area contributed by atoms with Crippen LogP contribution in [0.1, 0.15) is 41.2 Å². The lowest BCUT2D eigenvalue weighted by Gasteiger charge is -2.39. The monoisotopic (exact) mass is 530 g/mol. The van der Waals surface area contributed by atoms with Gasteiger partial charge in [-0.3, -0.25) is 9.69 Å². The molecule has 0 aromatic heterocycles. The van der Waals surface area contributed by atoms with E-state index in [9.17, 15) is 9.59 Å². The highest BCUT2D eigenvalue weighted by molar-refractivity contribution is 6.30. The van der Waals surface area contributed by atoms with E-state index in [2.05, 4.69) is 18.7 Å². The fourth-order valence-corrected chi connectivity index (χ4v) is 5.43. The van der Waals surface area contributed by atoms with Gasteiger partial charge in [-0.2, -0.15) is 0 Å². The fraction of sp³-hybridized carbons (Fsp3) is 0.290. The van der Waals surface area contributed by atoms with Gasteiger partial charge in [-0.1, -0.05) is 84.4 Å². The third-order valence-electron chi connectivity index (χ3n) is 7.36. The van der Waals surface area contributed by atoms with Crippen LogP contribution in [0.15, 0.2) is 91.5 Å². The van der Waals surface area contributed by atoms with E-state index < -0.39 is 12.2 Å². The van der Waals surface area contributed by atoms with E-state index >= 15 is 0 Å². The number of likely N-dealkylation sites (tertiary alicyclic amines) is 1. The summed E-state index contributed by atoms with van der Waals surface area (Å²) in [5.41, 5.74) is 3.75. The molecule has 3 aromatic carbocycles. The van der Waals surface area contributed by atoms with Gasteiger partial charge in [0.1, 0.15) is 6.54 Å². The van der Waals surface area contributed by atoms with Gasteiger partial charge in [-0.15, -0.1) is 6.58 Å². The van der Waals surface area contributed by atoms with E-state index in [1.807, 2.05) is 59.5 Å². The Bertz CT molecular complexity index is 1290. The minimum absolute atomic E-state index is 0.0859. The molecule has 5 rings (SSSR count). The van der Waals surface area contributed by atoms with Crippen molar-refractivity contribution in [3.8, 4) is 0 Å². The standard InChI is InChI=1S/C31H31ClN2O4/c1-2-18-34(30(36)38-29(23-8-4-3-5-9-23)24-12-14-26(32)15-13-24)21-28(35)33-19-16-31(17-20-33)27-11-7-6-10-25(27)22-37-31/h2-15,29H,1,16-22H2. The van der Waals surface area contributed by atoms with E-state index in [4.69, 9.17) is 21.1 Å². The van der Waals surface area contributed by atoms with Gasteiger partial charge < -0.3 is 14.4 Å². The number of halogens is 1. The average Bonchev–Trinajstić information content (AvgIpc) is 3.30. The highest BCUT2D eigenvalue weighted by Gasteiger charge is 2.43. The Kier molecular flexibility index (Phi) is 7.82. The van der Waals surface area contributed by atoms with Gasteiger partial charge in [0.05, 0.1) is 12.2 Å². The first-order chi connectivity index (χ1) is 18.5. The van der Waals surface area contributed by atoms with Crippen LogP contribution in [-0.4, -0.2) is 48.0 Å². The molecule has 0 radical (unpaired) electrons. The summed E-state index contributed by atoms with van der Waals surface area (Å²) < 4.78 is 12.2. The zero-order valence-corrected chi connectivity index (χ0v) is 22.0. The molecule has 1 unspecified atom stereocenters. The molecule has 2 amide bonds. The number of fused-ring (bicyclic) bond motifs is 2. The first kappa shape index (κ1) is 26.0. The van der Waals surface area contributed by atoms with Gasteiger partial charge in [0.2, 0.25) is 5.91 Å². The van der Waals surface area contributed by atoms with Gasteiger partial charge in [0.25, 0.3) is 0 Å². The van der Waals surface area contributed by atoms with Crippen LogP contribution in [-0.2, 0) is 26.5 Å². The summed E-state index contributed by atoms with van der Waals surface area (Å²) in [5, 5.41) is 0.598. The predicted molar refractivity (Wildman–Crippen MR) is 147 cm³/mol. The second kappa shape index (κ2) is 11.4. The number of amides is 2. The molecular formula is C31H31ClN2O4. The Morgan fingerprint density at radius 3 is 2.37 bits per heavy atom. The van der Waals surface area contributed by atoms with E-state index in [0.717, 1.165) is 24.0 Å². The molecule has 2 aliphatic rings. The lowest BCUT2D eigenvalue weighted by Crippen LogP contribution is -2.49. The first-order valence-corrected chi connectivity index (χ1v) is 13.2. The quantitative estimate of drug-likeness (QED) is 0.346. The molecule has 1 saturated heterocycles. The Hall–Kier alpha value is -3.61. The van der Waals surface area contributed by atoms with Crippen molar-refractivity contribution in [1.29, 1.82) is 0 Å². The van der Waals surface area contributed by atoms with Crippen molar-refractivity contribution in [2.45, 2.75) is 31.2 Å². The van der Waals surface area contributed by atoms with Gasteiger partial charge in [0.15, 0.2) is 6.10 Å². The maximum absolute atomic E-state index is 13.4. The molecule has 1 fully saturated rings. The van der Waals surface area contributed by atoms with Crippen LogP contribution in [0.2, 0.25) is 5.02 Å². The molecule has 6 nitrogen and oxygen atoms in total. The van der Waals surface area contributed by atoms with Crippen molar-refractivity contribution < 1.29 is 19.1 Å². The second-order valence-corrected chi connectivity index (χ2v) is 10.2. The van der Waals surface area contributed by atoms with Crippen LogP contribution in [0.3, 0.4) is 0 Å². The summed E-state index contributed by atoms with van der Waals surface area (Å²) in [6.45, 7) is 5.63. The molecule has 3 aromatic rings. The third kappa shape index (κ3) is 5.47. The van der Waals surface area contributed by atoms with Crippen molar-refractivity contribution in [3.05, 3.63) is 119 Å². The average molecular weight is 531 g/mol. The molecule has 0 bridgehead atoms. The molecule has 196 valence electrons. The van der Waals surface area contributed by atoms with Crippen LogP contribution in [0, 0.1) is 0 Å². The lowest BCUT2D eigenvalue weighted by atomic mass is 9.84. The van der Waals surface area contributed by atoms with Crippen molar-refractivity contribution in [2.75, 3.05) is 26.2 Å². The van der Waals surface area contributed by atoms with E-state index in [1.54, 1.807) is 18.2 Å². The minimum atomic E-state index is -0.641. The second-order valence-electron chi connectivity index (χ2n) is 9.72. The lowest BCUT2D eigenvalue weighted by molar-refractivity contribution is -0.139. The highest BCUT2D eigenvalue weighted by atomic mass is 35.5. The SMILES string of the molecule is C=CCN(CC(=O)N1CCC2(CC1)OCc1ccccc12)C(=O)OC(c1ccccc1)c1ccc(Cl)cc1. The van der Waals surface area contributed by atoms with Gasteiger partial charge in [-0.05, 0) is 47.2 Å². The zero-order valence-electron chi connectivity index (χ0n) is 21.2. The number of benzene rings is 3.